The molecule has 1 heterocycles. The van der Waals surface area contributed by atoms with Gasteiger partial charge in [-0.1, -0.05) is 13.8 Å². The molecule has 2 rings (SSSR count). The summed E-state index contributed by atoms with van der Waals surface area (Å²) in [6.45, 7) is 4.00. The average molecular weight is 285 g/mol. The van der Waals surface area contributed by atoms with Crippen LogP contribution in [-0.4, -0.2) is 20.2 Å². The lowest BCUT2D eigenvalue weighted by Crippen LogP contribution is -2.05. The normalized spacial score (nSPS) is 11.1. The van der Waals surface area contributed by atoms with Gasteiger partial charge in [0.15, 0.2) is 5.82 Å². The molecule has 1 aromatic carbocycles. The van der Waals surface area contributed by atoms with Gasteiger partial charge in [-0.3, -0.25) is 0 Å². The molecule has 0 N–H and O–H groups in total. The molecule has 16 heavy (non-hydrogen) atoms. The van der Waals surface area contributed by atoms with Gasteiger partial charge < -0.3 is 0 Å². The van der Waals surface area contributed by atoms with Crippen molar-refractivity contribution in [2.24, 2.45) is 0 Å². The van der Waals surface area contributed by atoms with Gasteiger partial charge in [0, 0.05) is 10.4 Å². The summed E-state index contributed by atoms with van der Waals surface area (Å²) >= 11 is 3.30. The van der Waals surface area contributed by atoms with Gasteiger partial charge in [0.1, 0.15) is 5.82 Å². The number of aromatic nitrogens is 4. The van der Waals surface area contributed by atoms with Gasteiger partial charge in [0.2, 0.25) is 0 Å². The van der Waals surface area contributed by atoms with Crippen molar-refractivity contribution in [2.45, 2.75) is 19.8 Å². The lowest BCUT2D eigenvalue weighted by atomic mass is 10.2. The molecule has 0 saturated carbocycles. The van der Waals surface area contributed by atoms with E-state index in [2.05, 4.69) is 31.5 Å². The molecule has 0 saturated heterocycles. The van der Waals surface area contributed by atoms with Crippen LogP contribution in [0.15, 0.2) is 22.7 Å². The lowest BCUT2D eigenvalue weighted by Gasteiger charge is -2.08. The molecule has 0 aliphatic carbocycles. The van der Waals surface area contributed by atoms with E-state index in [4.69, 9.17) is 0 Å². The van der Waals surface area contributed by atoms with Crippen molar-refractivity contribution in [1.82, 2.24) is 20.2 Å². The Kier molecular flexibility index (Phi) is 3.00. The van der Waals surface area contributed by atoms with Crippen molar-refractivity contribution in [2.75, 3.05) is 0 Å². The fourth-order valence-corrected chi connectivity index (χ4v) is 1.90. The van der Waals surface area contributed by atoms with E-state index in [1.54, 1.807) is 10.7 Å². The molecule has 0 amide bonds. The number of tetrazole rings is 1. The van der Waals surface area contributed by atoms with E-state index in [0.717, 1.165) is 11.5 Å². The lowest BCUT2D eigenvalue weighted by molar-refractivity contribution is 0.624. The van der Waals surface area contributed by atoms with Gasteiger partial charge >= 0.3 is 0 Å². The maximum Gasteiger partial charge on any atom is 0.159 e. The molecular weight excluding hydrogens is 275 g/mol. The second-order valence-corrected chi connectivity index (χ2v) is 4.55. The van der Waals surface area contributed by atoms with Gasteiger partial charge in [0.25, 0.3) is 0 Å². The second kappa shape index (κ2) is 4.29. The Morgan fingerprint density at radius 3 is 2.75 bits per heavy atom. The summed E-state index contributed by atoms with van der Waals surface area (Å²) in [6.07, 6.45) is 0. The summed E-state index contributed by atoms with van der Waals surface area (Å²) in [4.78, 5) is 0. The summed E-state index contributed by atoms with van der Waals surface area (Å²) in [5.74, 6) is 0.647. The van der Waals surface area contributed by atoms with E-state index in [0.29, 0.717) is 4.47 Å². The molecule has 0 atom stereocenters. The molecule has 2 aromatic rings. The highest BCUT2D eigenvalue weighted by Crippen LogP contribution is 2.23. The molecular formula is C10H10BrFN4. The second-order valence-electron chi connectivity index (χ2n) is 3.70. The fraction of sp³-hybridized carbons (Fsp3) is 0.300. The van der Waals surface area contributed by atoms with Crippen LogP contribution in [0.2, 0.25) is 0 Å². The van der Waals surface area contributed by atoms with Gasteiger partial charge in [-0.2, -0.15) is 4.68 Å². The van der Waals surface area contributed by atoms with Crippen LogP contribution < -0.4 is 0 Å². The van der Waals surface area contributed by atoms with E-state index in [-0.39, 0.29) is 11.7 Å². The SMILES string of the molecule is CC(C)c1nnnn1-c1ccc(F)cc1Br. The predicted molar refractivity (Wildman–Crippen MR) is 60.9 cm³/mol. The first-order valence-electron chi connectivity index (χ1n) is 4.83. The first-order valence-corrected chi connectivity index (χ1v) is 5.62. The highest BCUT2D eigenvalue weighted by molar-refractivity contribution is 9.10. The summed E-state index contributed by atoms with van der Waals surface area (Å²) in [5.41, 5.74) is 0.732. The molecule has 0 radical (unpaired) electrons. The van der Waals surface area contributed by atoms with Crippen LogP contribution in [-0.2, 0) is 0 Å². The molecule has 6 heteroatoms. The zero-order chi connectivity index (χ0) is 11.7. The molecule has 84 valence electrons. The molecule has 4 nitrogen and oxygen atoms in total. The maximum atomic E-state index is 13.0. The molecule has 0 spiro atoms. The highest BCUT2D eigenvalue weighted by Gasteiger charge is 2.14. The number of hydrogen-bond donors (Lipinski definition) is 0. The van der Waals surface area contributed by atoms with Gasteiger partial charge in [-0.15, -0.1) is 5.10 Å². The van der Waals surface area contributed by atoms with Crippen LogP contribution >= 0.6 is 15.9 Å². The Balaban J connectivity index is 2.54. The summed E-state index contributed by atoms with van der Waals surface area (Å²) < 4.78 is 15.2. The predicted octanol–water partition coefficient (Wildman–Crippen LogP) is 2.69. The smallest absolute Gasteiger partial charge is 0.159 e. The van der Waals surface area contributed by atoms with E-state index >= 15 is 0 Å². The Labute approximate surface area is 101 Å². The quantitative estimate of drug-likeness (QED) is 0.852. The van der Waals surface area contributed by atoms with Crippen molar-refractivity contribution >= 4 is 15.9 Å². The van der Waals surface area contributed by atoms with Gasteiger partial charge in [-0.05, 0) is 44.6 Å². The Morgan fingerprint density at radius 1 is 1.38 bits per heavy atom. The van der Waals surface area contributed by atoms with E-state index in [9.17, 15) is 4.39 Å². The number of nitrogens with zero attached hydrogens (tertiary/aromatic N) is 4. The van der Waals surface area contributed by atoms with Crippen LogP contribution in [0, 0.1) is 5.82 Å². The van der Waals surface area contributed by atoms with Crippen LogP contribution in [0.1, 0.15) is 25.6 Å². The van der Waals surface area contributed by atoms with Crippen LogP contribution in [0.3, 0.4) is 0 Å². The van der Waals surface area contributed by atoms with Crippen LogP contribution in [0.5, 0.6) is 0 Å². The third-order valence-electron chi connectivity index (χ3n) is 2.15. The minimum absolute atomic E-state index is 0.201. The van der Waals surface area contributed by atoms with Crippen molar-refractivity contribution < 1.29 is 4.39 Å². The monoisotopic (exact) mass is 284 g/mol. The van der Waals surface area contributed by atoms with E-state index in [1.165, 1.54) is 12.1 Å². The number of halogens is 2. The molecule has 0 fully saturated rings. The highest BCUT2D eigenvalue weighted by atomic mass is 79.9. The third-order valence-corrected chi connectivity index (χ3v) is 2.78. The summed E-state index contributed by atoms with van der Waals surface area (Å²) in [6, 6.07) is 4.41. The van der Waals surface area contributed by atoms with Gasteiger partial charge in [-0.25, -0.2) is 4.39 Å². The summed E-state index contributed by atoms with van der Waals surface area (Å²) in [5, 5.41) is 11.5. The van der Waals surface area contributed by atoms with E-state index < -0.39 is 0 Å². The first kappa shape index (κ1) is 11.2. The minimum Gasteiger partial charge on any atom is -0.207 e. The van der Waals surface area contributed by atoms with Crippen LogP contribution in [0.4, 0.5) is 4.39 Å². The average Bonchev–Trinajstić information content (AvgIpc) is 2.66. The first-order chi connectivity index (χ1) is 7.59. The minimum atomic E-state index is -0.296. The standard InChI is InChI=1S/C10H10BrFN4/c1-6(2)10-13-14-15-16(10)9-4-3-7(12)5-8(9)11/h3-6H,1-2H3. The Hall–Kier alpha value is -1.30. The summed E-state index contributed by atoms with van der Waals surface area (Å²) in [7, 11) is 0. The zero-order valence-corrected chi connectivity index (χ0v) is 10.4. The molecule has 0 aliphatic rings. The number of benzene rings is 1. The third kappa shape index (κ3) is 1.97. The largest absolute Gasteiger partial charge is 0.207 e. The zero-order valence-electron chi connectivity index (χ0n) is 8.85. The van der Waals surface area contributed by atoms with Crippen LogP contribution in [0.25, 0.3) is 5.69 Å². The van der Waals surface area contributed by atoms with Crippen molar-refractivity contribution in [3.05, 3.63) is 34.3 Å². The van der Waals surface area contributed by atoms with Crippen molar-refractivity contribution in [1.29, 1.82) is 0 Å². The topological polar surface area (TPSA) is 43.6 Å². The molecule has 0 bridgehead atoms. The molecule has 0 unspecified atom stereocenters. The maximum absolute atomic E-state index is 13.0. The number of rotatable bonds is 2. The van der Waals surface area contributed by atoms with Crippen molar-refractivity contribution in [3.63, 3.8) is 0 Å². The molecule has 1 aromatic heterocycles. The van der Waals surface area contributed by atoms with E-state index in [1.807, 2.05) is 13.8 Å². The fourth-order valence-electron chi connectivity index (χ4n) is 1.38. The number of hydrogen-bond acceptors (Lipinski definition) is 3. The Bertz CT molecular complexity index is 509. The van der Waals surface area contributed by atoms with Gasteiger partial charge in [0.05, 0.1) is 5.69 Å². The Morgan fingerprint density at radius 2 is 2.12 bits per heavy atom. The molecule has 0 aliphatic heterocycles. The van der Waals surface area contributed by atoms with Crippen molar-refractivity contribution in [3.8, 4) is 5.69 Å².